The summed E-state index contributed by atoms with van der Waals surface area (Å²) in [6.07, 6.45) is 0.0743. The van der Waals surface area contributed by atoms with E-state index in [1.54, 1.807) is 24.3 Å². The summed E-state index contributed by atoms with van der Waals surface area (Å²) in [7, 11) is 0. The molecule has 1 amide bonds. The molecule has 0 radical (unpaired) electrons. The lowest BCUT2D eigenvalue weighted by Crippen LogP contribution is -2.22. The maximum absolute atomic E-state index is 13.4. The van der Waals surface area contributed by atoms with Crippen LogP contribution in [0.2, 0.25) is 0 Å². The molecule has 0 bridgehead atoms. The highest BCUT2D eigenvalue weighted by molar-refractivity contribution is 5.93. The van der Waals surface area contributed by atoms with E-state index in [1.807, 2.05) is 13.8 Å². The molecular weight excluding hydrogens is 302 g/mol. The van der Waals surface area contributed by atoms with Gasteiger partial charge < -0.3 is 15.4 Å². The molecule has 0 aromatic heterocycles. The molecule has 0 saturated carbocycles. The van der Waals surface area contributed by atoms with Gasteiger partial charge in [0.25, 0.3) is 0 Å². The maximum atomic E-state index is 13.4. The first kappa shape index (κ1) is 16.7. The molecule has 2 aromatic rings. The summed E-state index contributed by atoms with van der Waals surface area (Å²) in [5, 5.41) is 5.29. The van der Waals surface area contributed by atoms with Crippen LogP contribution < -0.4 is 15.4 Å². The van der Waals surface area contributed by atoms with Gasteiger partial charge in [0.1, 0.15) is 17.4 Å². The largest absolute Gasteiger partial charge is 0.491 e. The summed E-state index contributed by atoms with van der Waals surface area (Å²) in [6, 6.07) is 10.1. The van der Waals surface area contributed by atoms with E-state index in [2.05, 4.69) is 10.6 Å². The highest BCUT2D eigenvalue weighted by Gasteiger charge is 2.07. The molecule has 0 spiro atoms. The summed E-state index contributed by atoms with van der Waals surface area (Å²) >= 11 is 0. The van der Waals surface area contributed by atoms with Gasteiger partial charge in [0, 0.05) is 11.8 Å². The van der Waals surface area contributed by atoms with Crippen molar-refractivity contribution < 1.29 is 18.3 Å². The average Bonchev–Trinajstić information content (AvgIpc) is 2.48. The van der Waals surface area contributed by atoms with E-state index in [0.29, 0.717) is 11.4 Å². The number of halogens is 2. The fraction of sp³-hybridized carbons (Fsp3) is 0.235. The first-order valence-electron chi connectivity index (χ1n) is 7.19. The molecule has 2 N–H and O–H groups in total. The van der Waals surface area contributed by atoms with Gasteiger partial charge in [-0.05, 0) is 50.2 Å². The second-order valence-corrected chi connectivity index (χ2v) is 5.22. The Morgan fingerprint density at radius 1 is 1.13 bits per heavy atom. The van der Waals surface area contributed by atoms with Crippen LogP contribution in [0.1, 0.15) is 13.8 Å². The molecule has 0 heterocycles. The van der Waals surface area contributed by atoms with E-state index in [4.69, 9.17) is 4.74 Å². The number of carbonyl (C=O) groups excluding carboxylic acids is 1. The lowest BCUT2D eigenvalue weighted by molar-refractivity contribution is -0.114. The molecule has 0 aliphatic heterocycles. The SMILES string of the molecule is CC(C)Oc1ccc(NC(=O)CNc2ccc(F)cc2F)cc1. The zero-order valence-electron chi connectivity index (χ0n) is 12.9. The molecule has 0 aliphatic carbocycles. The van der Waals surface area contributed by atoms with Gasteiger partial charge in [-0.3, -0.25) is 4.79 Å². The number of carbonyl (C=O) groups is 1. The van der Waals surface area contributed by atoms with Crippen molar-refractivity contribution in [3.05, 3.63) is 54.1 Å². The number of anilines is 2. The highest BCUT2D eigenvalue weighted by Crippen LogP contribution is 2.17. The van der Waals surface area contributed by atoms with Crippen LogP contribution in [-0.4, -0.2) is 18.6 Å². The first-order valence-corrected chi connectivity index (χ1v) is 7.19. The number of nitrogens with one attached hydrogen (secondary N) is 2. The van der Waals surface area contributed by atoms with Crippen LogP contribution in [0.25, 0.3) is 0 Å². The van der Waals surface area contributed by atoms with Gasteiger partial charge in [-0.2, -0.15) is 0 Å². The van der Waals surface area contributed by atoms with Crippen LogP contribution in [-0.2, 0) is 4.79 Å². The highest BCUT2D eigenvalue weighted by atomic mass is 19.1. The lowest BCUT2D eigenvalue weighted by atomic mass is 10.3. The van der Waals surface area contributed by atoms with Gasteiger partial charge in [0.15, 0.2) is 0 Å². The standard InChI is InChI=1S/C17H18F2N2O2/c1-11(2)23-14-6-4-13(5-7-14)21-17(22)10-20-16-8-3-12(18)9-15(16)19/h3-9,11,20H,10H2,1-2H3,(H,21,22). The van der Waals surface area contributed by atoms with E-state index < -0.39 is 11.6 Å². The van der Waals surface area contributed by atoms with Crippen molar-refractivity contribution in [2.45, 2.75) is 20.0 Å². The maximum Gasteiger partial charge on any atom is 0.243 e. The predicted molar refractivity (Wildman–Crippen MR) is 85.7 cm³/mol. The summed E-state index contributed by atoms with van der Waals surface area (Å²) in [5.74, 6) is -1.04. The molecule has 122 valence electrons. The second-order valence-electron chi connectivity index (χ2n) is 5.22. The molecule has 2 rings (SSSR count). The minimum absolute atomic E-state index is 0.0715. The van der Waals surface area contributed by atoms with Crippen molar-refractivity contribution in [1.29, 1.82) is 0 Å². The van der Waals surface area contributed by atoms with E-state index in [-0.39, 0.29) is 24.2 Å². The number of rotatable bonds is 6. The van der Waals surface area contributed by atoms with Crippen molar-refractivity contribution in [3.8, 4) is 5.75 Å². The Bertz CT molecular complexity index is 673. The zero-order chi connectivity index (χ0) is 16.8. The lowest BCUT2D eigenvalue weighted by Gasteiger charge is -2.11. The monoisotopic (exact) mass is 320 g/mol. The van der Waals surface area contributed by atoms with Gasteiger partial charge in [-0.15, -0.1) is 0 Å². The quantitative estimate of drug-likeness (QED) is 0.851. The number of benzene rings is 2. The van der Waals surface area contributed by atoms with Crippen molar-refractivity contribution in [3.63, 3.8) is 0 Å². The zero-order valence-corrected chi connectivity index (χ0v) is 12.9. The van der Waals surface area contributed by atoms with Crippen molar-refractivity contribution in [1.82, 2.24) is 0 Å². The van der Waals surface area contributed by atoms with E-state index in [1.165, 1.54) is 6.07 Å². The Labute approximate surface area is 133 Å². The predicted octanol–water partition coefficient (Wildman–Crippen LogP) is 3.80. The average molecular weight is 320 g/mol. The molecule has 6 heteroatoms. The second kappa shape index (κ2) is 7.58. The molecule has 23 heavy (non-hydrogen) atoms. The number of hydrogen-bond donors (Lipinski definition) is 2. The number of amides is 1. The van der Waals surface area contributed by atoms with Gasteiger partial charge in [-0.25, -0.2) is 8.78 Å². The molecule has 0 aliphatic rings. The van der Waals surface area contributed by atoms with Crippen LogP contribution in [0.5, 0.6) is 5.75 Å². The van der Waals surface area contributed by atoms with Crippen molar-refractivity contribution in [2.24, 2.45) is 0 Å². The van der Waals surface area contributed by atoms with Gasteiger partial charge in [-0.1, -0.05) is 0 Å². The van der Waals surface area contributed by atoms with Crippen LogP contribution in [0.15, 0.2) is 42.5 Å². The topological polar surface area (TPSA) is 50.4 Å². The summed E-state index contributed by atoms with van der Waals surface area (Å²) < 4.78 is 31.7. The Kier molecular flexibility index (Phi) is 5.51. The van der Waals surface area contributed by atoms with E-state index in [9.17, 15) is 13.6 Å². The smallest absolute Gasteiger partial charge is 0.243 e. The van der Waals surface area contributed by atoms with Gasteiger partial charge in [0.2, 0.25) is 5.91 Å². The third-order valence-corrected chi connectivity index (χ3v) is 2.88. The van der Waals surface area contributed by atoms with Gasteiger partial charge >= 0.3 is 0 Å². The fourth-order valence-corrected chi connectivity index (χ4v) is 1.90. The normalized spacial score (nSPS) is 10.5. The fourth-order valence-electron chi connectivity index (χ4n) is 1.90. The van der Waals surface area contributed by atoms with Crippen LogP contribution >= 0.6 is 0 Å². The molecule has 0 atom stereocenters. The number of hydrogen-bond acceptors (Lipinski definition) is 3. The van der Waals surface area contributed by atoms with Crippen LogP contribution in [0, 0.1) is 11.6 Å². The van der Waals surface area contributed by atoms with Gasteiger partial charge in [0.05, 0.1) is 18.3 Å². The van der Waals surface area contributed by atoms with Crippen LogP contribution in [0.4, 0.5) is 20.2 Å². The van der Waals surface area contributed by atoms with Crippen LogP contribution in [0.3, 0.4) is 0 Å². The number of ether oxygens (including phenoxy) is 1. The van der Waals surface area contributed by atoms with E-state index in [0.717, 1.165) is 12.1 Å². The third-order valence-electron chi connectivity index (χ3n) is 2.88. The molecule has 0 saturated heterocycles. The van der Waals surface area contributed by atoms with Crippen molar-refractivity contribution >= 4 is 17.3 Å². The molecule has 0 unspecified atom stereocenters. The summed E-state index contributed by atoms with van der Waals surface area (Å²) in [4.78, 5) is 11.8. The summed E-state index contributed by atoms with van der Waals surface area (Å²) in [5.41, 5.74) is 0.676. The molecule has 2 aromatic carbocycles. The minimum Gasteiger partial charge on any atom is -0.491 e. The summed E-state index contributed by atoms with van der Waals surface area (Å²) in [6.45, 7) is 3.72. The first-order chi connectivity index (χ1) is 10.9. The minimum atomic E-state index is -0.743. The Morgan fingerprint density at radius 3 is 2.43 bits per heavy atom. The Morgan fingerprint density at radius 2 is 1.83 bits per heavy atom. The Balaban J connectivity index is 1.87. The molecule has 4 nitrogen and oxygen atoms in total. The Hall–Kier alpha value is -2.63. The molecular formula is C17H18F2N2O2. The third kappa shape index (κ3) is 5.25. The van der Waals surface area contributed by atoms with E-state index >= 15 is 0 Å². The molecule has 0 fully saturated rings. The van der Waals surface area contributed by atoms with Crippen molar-refractivity contribution in [2.75, 3.05) is 17.2 Å².